The molecule has 288 valence electrons. The first-order valence-corrected chi connectivity index (χ1v) is 19.8. The average Bonchev–Trinajstić information content (AvgIpc) is 3.00. The second-order valence-corrected chi connectivity index (χ2v) is 15.6. The van der Waals surface area contributed by atoms with E-state index in [1.807, 2.05) is 14.0 Å². The first-order chi connectivity index (χ1) is 22.9. The predicted octanol–water partition coefficient (Wildman–Crippen LogP) is 6.27. The van der Waals surface area contributed by atoms with Gasteiger partial charge in [0.15, 0.2) is 0 Å². The van der Waals surface area contributed by atoms with Gasteiger partial charge in [0.25, 0.3) is 9.05 Å². The van der Waals surface area contributed by atoms with Crippen LogP contribution in [-0.2, 0) is 38.1 Å². The number of rotatable bonds is 17. The normalized spacial score (nSPS) is 10.9. The lowest BCUT2D eigenvalue weighted by molar-refractivity contribution is -0.144. The van der Waals surface area contributed by atoms with Crippen LogP contribution in [0.25, 0.3) is 0 Å². The lowest BCUT2D eigenvalue weighted by Crippen LogP contribution is -2.29. The fourth-order valence-electron chi connectivity index (χ4n) is 4.77. The van der Waals surface area contributed by atoms with Crippen molar-refractivity contribution in [2.75, 3.05) is 54.6 Å². The summed E-state index contributed by atoms with van der Waals surface area (Å²) >= 11 is 0. The lowest BCUT2D eigenvalue weighted by Gasteiger charge is -2.20. The van der Waals surface area contributed by atoms with Crippen LogP contribution in [0.5, 0.6) is 11.5 Å². The summed E-state index contributed by atoms with van der Waals surface area (Å²) in [5.41, 5.74) is 2.50. The SMILES string of the molecule is CCOC(=O)CCCCN(C)S(=O)(=O)c1c(C)cc(OC)cc1C.CCOC(=O)CCCCNC.COc1cc(C)c(S(=O)(=O)Cl)c(C)c1.Cl. The highest BCUT2D eigenvalue weighted by Gasteiger charge is 2.25. The quantitative estimate of drug-likeness (QED) is 0.110. The van der Waals surface area contributed by atoms with E-state index in [4.69, 9.17) is 29.6 Å². The zero-order valence-corrected chi connectivity index (χ0v) is 34.2. The smallest absolute Gasteiger partial charge is 0.305 e. The molecule has 2 rings (SSSR count). The third-order valence-electron chi connectivity index (χ3n) is 7.02. The van der Waals surface area contributed by atoms with Gasteiger partial charge in [-0.05, 0) is 127 Å². The van der Waals surface area contributed by atoms with Crippen LogP contribution in [0.15, 0.2) is 34.1 Å². The van der Waals surface area contributed by atoms with Crippen molar-refractivity contribution in [3.05, 3.63) is 46.5 Å². The standard InChI is InChI=1S/C17H27NO5S.C9H11ClO3S.C8H17NO2.ClH/c1-6-23-16(19)9-7-8-10-18(4)24(20,21)17-13(2)11-15(22-5)12-14(17)3;1-6-4-8(13-3)5-7(2)9(6)14(10,11)12;1-3-11-8(10)6-4-5-7-9-2;/h11-12H,6-10H2,1-5H3;4-5H,1-3H3;9H,3-7H2,1-2H3;1H. The van der Waals surface area contributed by atoms with Gasteiger partial charge in [0, 0.05) is 37.1 Å². The number of hydrogen-bond acceptors (Lipinski definition) is 11. The van der Waals surface area contributed by atoms with E-state index in [2.05, 4.69) is 5.32 Å². The Labute approximate surface area is 310 Å². The molecule has 0 atom stereocenters. The number of nitrogens with zero attached hydrogens (tertiary/aromatic N) is 1. The Morgan fingerprint density at radius 2 is 1.10 bits per heavy atom. The summed E-state index contributed by atoms with van der Waals surface area (Å²) in [5.74, 6) is 0.943. The largest absolute Gasteiger partial charge is 0.497 e. The van der Waals surface area contributed by atoms with E-state index in [0.717, 1.165) is 19.4 Å². The number of unbranched alkanes of at least 4 members (excludes halogenated alkanes) is 2. The Morgan fingerprint density at radius 3 is 1.44 bits per heavy atom. The molecule has 0 bridgehead atoms. The van der Waals surface area contributed by atoms with Crippen LogP contribution in [0.3, 0.4) is 0 Å². The molecular formula is C34H56Cl2N2O10S2. The predicted molar refractivity (Wildman–Crippen MR) is 200 cm³/mol. The molecule has 0 radical (unpaired) electrons. The molecule has 0 aliphatic rings. The van der Waals surface area contributed by atoms with Crippen molar-refractivity contribution in [3.63, 3.8) is 0 Å². The van der Waals surface area contributed by atoms with Crippen molar-refractivity contribution < 1.29 is 45.4 Å². The number of aryl methyl sites for hydroxylation is 4. The van der Waals surface area contributed by atoms with E-state index in [1.165, 1.54) is 11.4 Å². The third-order valence-corrected chi connectivity index (χ3v) is 10.8. The molecule has 0 unspecified atom stereocenters. The third kappa shape index (κ3) is 18.0. The Kier molecular flexibility index (Phi) is 25.1. The Bertz CT molecular complexity index is 1510. The van der Waals surface area contributed by atoms with Gasteiger partial charge in [-0.2, -0.15) is 0 Å². The molecule has 0 fully saturated rings. The monoisotopic (exact) mass is 786 g/mol. The van der Waals surface area contributed by atoms with Crippen LogP contribution in [0.4, 0.5) is 0 Å². The summed E-state index contributed by atoms with van der Waals surface area (Å²) in [6.45, 7) is 12.7. The first kappa shape index (κ1) is 49.5. The van der Waals surface area contributed by atoms with Crippen LogP contribution < -0.4 is 14.8 Å². The number of carbonyl (C=O) groups is 2. The summed E-state index contributed by atoms with van der Waals surface area (Å²) in [5, 5.41) is 3.02. The molecule has 0 aliphatic heterocycles. The van der Waals surface area contributed by atoms with Crippen LogP contribution >= 0.6 is 23.1 Å². The molecule has 0 aliphatic carbocycles. The zero-order valence-electron chi connectivity index (χ0n) is 31.0. The van der Waals surface area contributed by atoms with Crippen molar-refractivity contribution in [2.24, 2.45) is 0 Å². The van der Waals surface area contributed by atoms with E-state index < -0.39 is 19.1 Å². The number of halogens is 2. The molecule has 16 heteroatoms. The second kappa shape index (κ2) is 25.4. The maximum atomic E-state index is 12.8. The van der Waals surface area contributed by atoms with Gasteiger partial charge in [-0.3, -0.25) is 9.59 Å². The molecule has 1 N–H and O–H groups in total. The van der Waals surface area contributed by atoms with E-state index in [1.54, 1.807) is 73.0 Å². The highest BCUT2D eigenvalue weighted by Crippen LogP contribution is 2.29. The van der Waals surface area contributed by atoms with E-state index in [9.17, 15) is 26.4 Å². The first-order valence-electron chi connectivity index (χ1n) is 16.1. The highest BCUT2D eigenvalue weighted by atomic mass is 35.7. The van der Waals surface area contributed by atoms with E-state index in [0.29, 0.717) is 84.1 Å². The van der Waals surface area contributed by atoms with Crippen LogP contribution in [0.2, 0.25) is 0 Å². The molecule has 0 saturated heterocycles. The zero-order chi connectivity index (χ0) is 37.8. The van der Waals surface area contributed by atoms with Gasteiger partial charge in [-0.1, -0.05) is 0 Å². The molecular weight excluding hydrogens is 731 g/mol. The lowest BCUT2D eigenvalue weighted by atomic mass is 10.1. The van der Waals surface area contributed by atoms with Crippen molar-refractivity contribution in [1.82, 2.24) is 9.62 Å². The minimum Gasteiger partial charge on any atom is -0.497 e. The fourth-order valence-corrected chi connectivity index (χ4v) is 8.00. The molecule has 0 spiro atoms. The Hall–Kier alpha value is -2.62. The molecule has 0 amide bonds. The maximum Gasteiger partial charge on any atom is 0.305 e. The Balaban J connectivity index is 0. The number of hydrogen-bond donors (Lipinski definition) is 1. The second-order valence-electron chi connectivity index (χ2n) is 11.1. The van der Waals surface area contributed by atoms with Crippen molar-refractivity contribution in [2.45, 2.75) is 89.9 Å². The van der Waals surface area contributed by atoms with Gasteiger partial charge in [-0.25, -0.2) is 21.1 Å². The minimum absolute atomic E-state index is 0. The van der Waals surface area contributed by atoms with Gasteiger partial charge in [-0.15, -0.1) is 12.4 Å². The molecule has 50 heavy (non-hydrogen) atoms. The summed E-state index contributed by atoms with van der Waals surface area (Å²) in [6.07, 6.45) is 4.01. The molecule has 2 aromatic rings. The van der Waals surface area contributed by atoms with Crippen molar-refractivity contribution in [3.8, 4) is 11.5 Å². The maximum absolute atomic E-state index is 12.8. The summed E-state index contributed by atoms with van der Waals surface area (Å²) in [7, 11) is 4.60. The van der Waals surface area contributed by atoms with Gasteiger partial charge < -0.3 is 24.3 Å². The summed E-state index contributed by atoms with van der Waals surface area (Å²) in [6, 6.07) is 6.72. The molecule has 2 aromatic carbocycles. The average molecular weight is 788 g/mol. The van der Waals surface area contributed by atoms with Gasteiger partial charge >= 0.3 is 11.9 Å². The number of methoxy groups -OCH3 is 2. The van der Waals surface area contributed by atoms with Gasteiger partial charge in [0.2, 0.25) is 10.0 Å². The van der Waals surface area contributed by atoms with E-state index >= 15 is 0 Å². The van der Waals surface area contributed by atoms with Gasteiger partial charge in [0.1, 0.15) is 11.5 Å². The van der Waals surface area contributed by atoms with Crippen LogP contribution in [0.1, 0.15) is 74.6 Å². The topological polar surface area (TPSA) is 155 Å². The fraction of sp³-hybridized carbons (Fsp3) is 0.588. The number of sulfonamides is 1. The molecule has 12 nitrogen and oxygen atoms in total. The number of nitrogens with one attached hydrogen (secondary N) is 1. The highest BCUT2D eigenvalue weighted by molar-refractivity contribution is 8.13. The summed E-state index contributed by atoms with van der Waals surface area (Å²) in [4.78, 5) is 22.5. The number of carbonyl (C=O) groups excluding carboxylic acids is 2. The number of ether oxygens (including phenoxy) is 4. The summed E-state index contributed by atoms with van der Waals surface area (Å²) < 4.78 is 69.1. The van der Waals surface area contributed by atoms with Crippen LogP contribution in [0, 0.1) is 27.7 Å². The Morgan fingerprint density at radius 1 is 0.720 bits per heavy atom. The minimum atomic E-state index is -3.67. The molecule has 0 aromatic heterocycles. The van der Waals surface area contributed by atoms with Gasteiger partial charge in [0.05, 0.1) is 37.2 Å². The van der Waals surface area contributed by atoms with Crippen LogP contribution in [-0.4, -0.2) is 87.7 Å². The van der Waals surface area contributed by atoms with E-state index in [-0.39, 0.29) is 29.2 Å². The number of esters is 2. The number of benzene rings is 2. The molecule has 0 saturated carbocycles. The van der Waals surface area contributed by atoms with Crippen molar-refractivity contribution >= 4 is 54.1 Å². The molecule has 0 heterocycles. The van der Waals surface area contributed by atoms with Crippen molar-refractivity contribution in [1.29, 1.82) is 0 Å².